The molecule has 0 aliphatic rings. The molecule has 0 N–H and O–H groups in total. The molecule has 0 atom stereocenters. The second kappa shape index (κ2) is 8.60. The van der Waals surface area contributed by atoms with Crippen LogP contribution in [0.1, 0.15) is 11.1 Å². The van der Waals surface area contributed by atoms with Gasteiger partial charge in [0.15, 0.2) is 11.6 Å². The summed E-state index contributed by atoms with van der Waals surface area (Å²) in [5, 5.41) is 1.72. The van der Waals surface area contributed by atoms with Crippen LogP contribution in [0.3, 0.4) is 0 Å². The molecule has 3 aromatic rings. The Labute approximate surface area is 170 Å². The summed E-state index contributed by atoms with van der Waals surface area (Å²) in [6.07, 6.45) is 6.33. The quantitative estimate of drug-likeness (QED) is 0.444. The Bertz CT molecular complexity index is 904. The highest BCUT2D eigenvalue weighted by Crippen LogP contribution is 2.25. The fourth-order valence-corrected chi connectivity index (χ4v) is 2.80. The van der Waals surface area contributed by atoms with E-state index >= 15 is 0 Å². The Kier molecular flexibility index (Phi) is 6.22. The van der Waals surface area contributed by atoms with E-state index in [9.17, 15) is 0 Å². The lowest BCUT2D eigenvalue weighted by Crippen LogP contribution is -1.86. The zero-order chi connectivity index (χ0) is 18.5. The minimum absolute atomic E-state index is 0.393. The van der Waals surface area contributed by atoms with Crippen LogP contribution >= 0.6 is 46.4 Å². The van der Waals surface area contributed by atoms with E-state index in [1.165, 1.54) is 12.4 Å². The number of pyridine rings is 2. The third kappa shape index (κ3) is 5.02. The van der Waals surface area contributed by atoms with Gasteiger partial charge >= 0.3 is 0 Å². The fraction of sp³-hybridized carbons (Fsp3) is 0. The monoisotopic (exact) mass is 422 g/mol. The number of hydrogen-bond donors (Lipinski definition) is 0. The normalized spacial score (nSPS) is 11.5. The molecule has 0 amide bonds. The smallest absolute Gasteiger partial charge is 0.170 e. The van der Waals surface area contributed by atoms with Gasteiger partial charge in [-0.2, -0.15) is 0 Å². The highest BCUT2D eigenvalue weighted by Gasteiger charge is 2.01. The van der Waals surface area contributed by atoms with Gasteiger partial charge in [0.05, 0.1) is 20.1 Å². The van der Waals surface area contributed by atoms with Crippen LogP contribution < -0.4 is 0 Å². The van der Waals surface area contributed by atoms with Gasteiger partial charge in [0, 0.05) is 24.8 Å². The van der Waals surface area contributed by atoms with E-state index in [1.54, 1.807) is 24.6 Å². The van der Waals surface area contributed by atoms with Crippen LogP contribution in [0.25, 0.3) is 0 Å². The van der Waals surface area contributed by atoms with E-state index in [2.05, 4.69) is 20.0 Å². The minimum Gasteiger partial charge on any atom is -0.235 e. The van der Waals surface area contributed by atoms with Crippen LogP contribution in [-0.2, 0) is 0 Å². The molecule has 2 heterocycles. The second-order valence-electron chi connectivity index (χ2n) is 5.10. The number of nitrogens with zero attached hydrogens (tertiary/aromatic N) is 4. The maximum Gasteiger partial charge on any atom is 0.170 e. The summed E-state index contributed by atoms with van der Waals surface area (Å²) in [5.41, 5.74) is 1.77. The van der Waals surface area contributed by atoms with Gasteiger partial charge in [0.1, 0.15) is 0 Å². The number of aliphatic imine (C=N–C) groups is 2. The van der Waals surface area contributed by atoms with Crippen LogP contribution in [-0.4, -0.2) is 22.4 Å². The van der Waals surface area contributed by atoms with Crippen molar-refractivity contribution in [2.45, 2.75) is 0 Å². The lowest BCUT2D eigenvalue weighted by Gasteiger charge is -1.99. The molecule has 26 heavy (non-hydrogen) atoms. The van der Waals surface area contributed by atoms with E-state index in [1.807, 2.05) is 24.3 Å². The van der Waals surface area contributed by atoms with Crippen molar-refractivity contribution in [1.82, 2.24) is 9.97 Å². The molecule has 0 aliphatic carbocycles. The Morgan fingerprint density at radius 3 is 1.38 bits per heavy atom. The first kappa shape index (κ1) is 18.8. The van der Waals surface area contributed by atoms with Crippen molar-refractivity contribution in [3.8, 4) is 0 Å². The van der Waals surface area contributed by atoms with Gasteiger partial charge in [0.25, 0.3) is 0 Å². The third-order valence-electron chi connectivity index (χ3n) is 3.19. The molecule has 0 aliphatic heterocycles. The van der Waals surface area contributed by atoms with Crippen molar-refractivity contribution < 1.29 is 0 Å². The Hall–Kier alpha value is -1.98. The SMILES string of the molecule is Clc1cnc(N=Cc2ccc(C=Nc3ncc(Cl)cc3Cl)cc2)c(Cl)c1. The van der Waals surface area contributed by atoms with E-state index in [-0.39, 0.29) is 0 Å². The average Bonchev–Trinajstić information content (AvgIpc) is 2.61. The van der Waals surface area contributed by atoms with Gasteiger partial charge in [-0.1, -0.05) is 70.7 Å². The van der Waals surface area contributed by atoms with Crippen molar-refractivity contribution in [2.75, 3.05) is 0 Å². The minimum atomic E-state index is 0.393. The van der Waals surface area contributed by atoms with Gasteiger partial charge in [0.2, 0.25) is 0 Å². The van der Waals surface area contributed by atoms with Crippen LogP contribution in [0, 0.1) is 0 Å². The van der Waals surface area contributed by atoms with E-state index < -0.39 is 0 Å². The first-order chi connectivity index (χ1) is 12.5. The molecule has 0 spiro atoms. The van der Waals surface area contributed by atoms with E-state index in [0.29, 0.717) is 31.7 Å². The molecular weight excluding hydrogens is 414 g/mol. The predicted octanol–water partition coefficient (Wildman–Crippen LogP) is 6.59. The number of rotatable bonds is 4. The van der Waals surface area contributed by atoms with Gasteiger partial charge in [-0.15, -0.1) is 0 Å². The standard InChI is InChI=1S/C18H10Cl4N4/c19-13-5-15(21)17(25-9-13)23-7-11-1-2-12(4-3-11)8-24-18-16(22)6-14(20)10-26-18/h1-10H. The second-order valence-corrected chi connectivity index (χ2v) is 6.79. The number of benzene rings is 1. The van der Waals surface area contributed by atoms with Crippen molar-refractivity contribution >= 4 is 70.5 Å². The van der Waals surface area contributed by atoms with Gasteiger partial charge in [-0.25, -0.2) is 20.0 Å². The van der Waals surface area contributed by atoms with Gasteiger partial charge in [-0.3, -0.25) is 0 Å². The van der Waals surface area contributed by atoms with Crippen LogP contribution in [0.5, 0.6) is 0 Å². The molecule has 0 saturated carbocycles. The molecule has 4 nitrogen and oxygen atoms in total. The summed E-state index contributed by atoms with van der Waals surface area (Å²) in [6.45, 7) is 0. The van der Waals surface area contributed by atoms with Crippen LogP contribution in [0.15, 0.2) is 58.8 Å². The summed E-state index contributed by atoms with van der Waals surface area (Å²) >= 11 is 23.7. The Morgan fingerprint density at radius 2 is 1.04 bits per heavy atom. The maximum absolute atomic E-state index is 6.04. The largest absolute Gasteiger partial charge is 0.235 e. The molecule has 0 fully saturated rings. The summed E-state index contributed by atoms with van der Waals surface area (Å²) < 4.78 is 0. The first-order valence-corrected chi connectivity index (χ1v) is 8.83. The zero-order valence-electron chi connectivity index (χ0n) is 13.1. The predicted molar refractivity (Wildman–Crippen MR) is 109 cm³/mol. The maximum atomic E-state index is 6.04. The highest BCUT2D eigenvalue weighted by atomic mass is 35.5. The van der Waals surface area contributed by atoms with Crippen molar-refractivity contribution in [1.29, 1.82) is 0 Å². The molecular formula is C18H10Cl4N4. The summed E-state index contributed by atoms with van der Waals surface area (Å²) in [6, 6.07) is 10.8. The van der Waals surface area contributed by atoms with Crippen LogP contribution in [0.2, 0.25) is 20.1 Å². The Morgan fingerprint density at radius 1 is 0.654 bits per heavy atom. The first-order valence-electron chi connectivity index (χ1n) is 7.31. The number of aromatic nitrogens is 2. The van der Waals surface area contributed by atoms with Gasteiger partial charge in [-0.05, 0) is 23.3 Å². The van der Waals surface area contributed by atoms with E-state index in [0.717, 1.165) is 11.1 Å². The topological polar surface area (TPSA) is 50.5 Å². The molecule has 0 saturated heterocycles. The molecule has 3 rings (SSSR count). The molecule has 0 radical (unpaired) electrons. The number of hydrogen-bond acceptors (Lipinski definition) is 4. The van der Waals surface area contributed by atoms with Crippen LogP contribution in [0.4, 0.5) is 11.6 Å². The summed E-state index contributed by atoms with van der Waals surface area (Å²) in [5.74, 6) is 0.815. The molecule has 2 aromatic heterocycles. The summed E-state index contributed by atoms with van der Waals surface area (Å²) in [7, 11) is 0. The number of halogens is 4. The van der Waals surface area contributed by atoms with Crippen molar-refractivity contribution in [3.05, 3.63) is 80.0 Å². The zero-order valence-corrected chi connectivity index (χ0v) is 16.1. The molecule has 130 valence electrons. The average molecular weight is 424 g/mol. The van der Waals surface area contributed by atoms with E-state index in [4.69, 9.17) is 46.4 Å². The van der Waals surface area contributed by atoms with Crippen molar-refractivity contribution in [3.63, 3.8) is 0 Å². The molecule has 1 aromatic carbocycles. The fourth-order valence-electron chi connectivity index (χ4n) is 1.94. The lowest BCUT2D eigenvalue weighted by molar-refractivity contribution is 1.28. The molecule has 8 heteroatoms. The van der Waals surface area contributed by atoms with Gasteiger partial charge < -0.3 is 0 Å². The van der Waals surface area contributed by atoms with Crippen molar-refractivity contribution in [2.24, 2.45) is 9.98 Å². The lowest BCUT2D eigenvalue weighted by atomic mass is 10.1. The third-order valence-corrected chi connectivity index (χ3v) is 4.15. The summed E-state index contributed by atoms with van der Waals surface area (Å²) in [4.78, 5) is 16.7. The highest BCUT2D eigenvalue weighted by molar-refractivity contribution is 6.36. The Balaban J connectivity index is 1.72. The molecule has 0 unspecified atom stereocenters. The molecule has 0 bridgehead atoms.